The second kappa shape index (κ2) is 7.35. The monoisotopic (exact) mass is 190 g/mol. The van der Waals surface area contributed by atoms with Crippen molar-refractivity contribution in [3.63, 3.8) is 0 Å². The van der Waals surface area contributed by atoms with Crippen LogP contribution < -0.4 is 0 Å². The highest BCUT2D eigenvalue weighted by Crippen LogP contribution is 2.25. The minimum atomic E-state index is 1.38. The van der Waals surface area contributed by atoms with E-state index in [9.17, 15) is 0 Å². The SMILES string of the molecule is C1CCCCSSCCCC1. The first-order valence-corrected chi connectivity index (χ1v) is 7.23. The topological polar surface area (TPSA) is 0 Å². The van der Waals surface area contributed by atoms with Crippen molar-refractivity contribution in [3.05, 3.63) is 0 Å². The van der Waals surface area contributed by atoms with Gasteiger partial charge in [-0.1, -0.05) is 53.7 Å². The van der Waals surface area contributed by atoms with Crippen molar-refractivity contribution >= 4 is 21.6 Å². The van der Waals surface area contributed by atoms with Crippen molar-refractivity contribution in [2.45, 2.75) is 44.9 Å². The van der Waals surface area contributed by atoms with Crippen LogP contribution in [0.2, 0.25) is 0 Å². The van der Waals surface area contributed by atoms with Gasteiger partial charge < -0.3 is 0 Å². The molecule has 1 rings (SSSR count). The second-order valence-electron chi connectivity index (χ2n) is 3.12. The van der Waals surface area contributed by atoms with Gasteiger partial charge in [0.25, 0.3) is 0 Å². The fourth-order valence-electron chi connectivity index (χ4n) is 1.32. The molecule has 0 saturated carbocycles. The molecule has 0 aromatic heterocycles. The molecular formula is C9H18S2. The third-order valence-corrected chi connectivity index (χ3v) is 4.62. The van der Waals surface area contributed by atoms with E-state index in [1.54, 1.807) is 0 Å². The van der Waals surface area contributed by atoms with Crippen LogP contribution in [0.25, 0.3) is 0 Å². The van der Waals surface area contributed by atoms with Gasteiger partial charge in [-0.05, 0) is 12.8 Å². The Kier molecular flexibility index (Phi) is 6.54. The molecule has 1 fully saturated rings. The van der Waals surface area contributed by atoms with Gasteiger partial charge >= 0.3 is 0 Å². The van der Waals surface area contributed by atoms with Crippen LogP contribution in [0, 0.1) is 0 Å². The van der Waals surface area contributed by atoms with Gasteiger partial charge in [-0.15, -0.1) is 0 Å². The van der Waals surface area contributed by atoms with Crippen LogP contribution >= 0.6 is 21.6 Å². The van der Waals surface area contributed by atoms with Gasteiger partial charge in [0, 0.05) is 11.5 Å². The standard InChI is InChI=1S/C9H18S2/c1-2-4-6-8-10-11-9-7-5-3-1/h1-9H2. The quantitative estimate of drug-likeness (QED) is 0.527. The highest BCUT2D eigenvalue weighted by atomic mass is 33.1. The van der Waals surface area contributed by atoms with Crippen molar-refractivity contribution in [3.8, 4) is 0 Å². The molecule has 0 radical (unpaired) electrons. The highest BCUT2D eigenvalue weighted by Gasteiger charge is 1.96. The Morgan fingerprint density at radius 1 is 0.455 bits per heavy atom. The zero-order valence-corrected chi connectivity index (χ0v) is 8.81. The van der Waals surface area contributed by atoms with Gasteiger partial charge in [-0.3, -0.25) is 0 Å². The van der Waals surface area contributed by atoms with E-state index in [2.05, 4.69) is 21.6 Å². The predicted octanol–water partition coefficient (Wildman–Crippen LogP) is 4.11. The Morgan fingerprint density at radius 3 is 1.27 bits per heavy atom. The van der Waals surface area contributed by atoms with Gasteiger partial charge in [-0.2, -0.15) is 0 Å². The number of hydrogen-bond acceptors (Lipinski definition) is 2. The van der Waals surface area contributed by atoms with Crippen LogP contribution in [0.15, 0.2) is 0 Å². The Bertz CT molecular complexity index is 45.6. The average molecular weight is 190 g/mol. The second-order valence-corrected chi connectivity index (χ2v) is 5.82. The first-order valence-electron chi connectivity index (χ1n) is 4.74. The van der Waals surface area contributed by atoms with E-state index >= 15 is 0 Å². The summed E-state index contributed by atoms with van der Waals surface area (Å²) < 4.78 is 0. The largest absolute Gasteiger partial charge is 0.0942 e. The lowest BCUT2D eigenvalue weighted by Crippen LogP contribution is -1.80. The normalized spacial score (nSPS) is 24.0. The zero-order chi connectivity index (χ0) is 7.78. The molecule has 66 valence electrons. The molecule has 1 heterocycles. The fourth-order valence-corrected chi connectivity index (χ4v) is 3.62. The van der Waals surface area contributed by atoms with Gasteiger partial charge in [0.15, 0.2) is 0 Å². The van der Waals surface area contributed by atoms with Crippen LogP contribution in [0.5, 0.6) is 0 Å². The number of hydrogen-bond donors (Lipinski definition) is 0. The molecule has 2 heteroatoms. The van der Waals surface area contributed by atoms with Crippen molar-refractivity contribution in [2.24, 2.45) is 0 Å². The van der Waals surface area contributed by atoms with Gasteiger partial charge in [0.2, 0.25) is 0 Å². The maximum atomic E-state index is 2.08. The van der Waals surface area contributed by atoms with E-state index in [0.29, 0.717) is 0 Å². The zero-order valence-electron chi connectivity index (χ0n) is 7.18. The van der Waals surface area contributed by atoms with Crippen LogP contribution in [-0.4, -0.2) is 11.5 Å². The van der Waals surface area contributed by atoms with E-state index in [0.717, 1.165) is 0 Å². The van der Waals surface area contributed by atoms with E-state index in [1.807, 2.05) is 0 Å². The third-order valence-electron chi connectivity index (χ3n) is 2.04. The summed E-state index contributed by atoms with van der Waals surface area (Å²) in [6.45, 7) is 0. The Labute approximate surface area is 78.3 Å². The Morgan fingerprint density at radius 2 is 0.818 bits per heavy atom. The molecule has 1 saturated heterocycles. The summed E-state index contributed by atoms with van der Waals surface area (Å²) in [4.78, 5) is 0. The highest BCUT2D eigenvalue weighted by molar-refractivity contribution is 8.76. The molecule has 0 aromatic carbocycles. The van der Waals surface area contributed by atoms with Gasteiger partial charge in [0.1, 0.15) is 0 Å². The molecule has 0 atom stereocenters. The van der Waals surface area contributed by atoms with Crippen molar-refractivity contribution in [1.82, 2.24) is 0 Å². The first-order chi connectivity index (χ1) is 5.50. The maximum Gasteiger partial charge on any atom is 0.00369 e. The third kappa shape index (κ3) is 5.92. The first kappa shape index (κ1) is 9.79. The van der Waals surface area contributed by atoms with Crippen molar-refractivity contribution < 1.29 is 0 Å². The molecule has 0 amide bonds. The Balaban J connectivity index is 2.02. The summed E-state index contributed by atoms with van der Waals surface area (Å²) in [5.74, 6) is 2.76. The molecule has 0 spiro atoms. The van der Waals surface area contributed by atoms with Crippen LogP contribution in [-0.2, 0) is 0 Å². The summed E-state index contributed by atoms with van der Waals surface area (Å²) in [5.41, 5.74) is 0. The van der Waals surface area contributed by atoms with Crippen LogP contribution in [0.1, 0.15) is 44.9 Å². The molecule has 0 aliphatic carbocycles. The molecule has 1 aliphatic heterocycles. The minimum Gasteiger partial charge on any atom is -0.0942 e. The van der Waals surface area contributed by atoms with Gasteiger partial charge in [-0.25, -0.2) is 0 Å². The summed E-state index contributed by atoms with van der Waals surface area (Å²) in [7, 11) is 4.16. The average Bonchev–Trinajstić information content (AvgIpc) is 2.08. The summed E-state index contributed by atoms with van der Waals surface area (Å²) in [6, 6.07) is 0. The van der Waals surface area contributed by atoms with Crippen molar-refractivity contribution in [1.29, 1.82) is 0 Å². The molecule has 0 bridgehead atoms. The lowest BCUT2D eigenvalue weighted by molar-refractivity contribution is 0.606. The van der Waals surface area contributed by atoms with Crippen LogP contribution in [0.3, 0.4) is 0 Å². The summed E-state index contributed by atoms with van der Waals surface area (Å²) >= 11 is 0. The molecule has 0 unspecified atom stereocenters. The molecule has 0 aromatic rings. The molecule has 0 nitrogen and oxygen atoms in total. The number of rotatable bonds is 0. The van der Waals surface area contributed by atoms with E-state index in [1.165, 1.54) is 56.5 Å². The smallest absolute Gasteiger partial charge is 0.00369 e. The summed E-state index contributed by atoms with van der Waals surface area (Å²) in [6.07, 6.45) is 10.3. The molecule has 0 N–H and O–H groups in total. The predicted molar refractivity (Wildman–Crippen MR) is 57.2 cm³/mol. The lowest BCUT2D eigenvalue weighted by atomic mass is 10.1. The molecular weight excluding hydrogens is 172 g/mol. The van der Waals surface area contributed by atoms with E-state index in [-0.39, 0.29) is 0 Å². The fraction of sp³-hybridized carbons (Fsp3) is 1.00. The molecule has 1 aliphatic rings. The molecule has 11 heavy (non-hydrogen) atoms. The van der Waals surface area contributed by atoms with E-state index < -0.39 is 0 Å². The lowest BCUT2D eigenvalue weighted by Gasteiger charge is -1.97. The van der Waals surface area contributed by atoms with Crippen molar-refractivity contribution in [2.75, 3.05) is 11.5 Å². The van der Waals surface area contributed by atoms with Gasteiger partial charge in [0.05, 0.1) is 0 Å². The maximum absolute atomic E-state index is 2.08. The van der Waals surface area contributed by atoms with Crippen LogP contribution in [0.4, 0.5) is 0 Å². The minimum absolute atomic E-state index is 1.38. The summed E-state index contributed by atoms with van der Waals surface area (Å²) in [5, 5.41) is 0. The Hall–Kier alpha value is 0.700. The van der Waals surface area contributed by atoms with E-state index in [4.69, 9.17) is 0 Å².